The van der Waals surface area contributed by atoms with E-state index in [0.717, 1.165) is 16.0 Å². The summed E-state index contributed by atoms with van der Waals surface area (Å²) in [6, 6.07) is 16.1. The van der Waals surface area contributed by atoms with E-state index < -0.39 is 17.8 Å². The first-order valence-corrected chi connectivity index (χ1v) is 8.73. The molecule has 1 fully saturated rings. The number of urea groups is 1. The van der Waals surface area contributed by atoms with Crippen LogP contribution < -0.4 is 10.6 Å². The van der Waals surface area contributed by atoms with Gasteiger partial charge in [-0.15, -0.1) is 0 Å². The highest BCUT2D eigenvalue weighted by Crippen LogP contribution is 2.18. The van der Waals surface area contributed by atoms with E-state index in [0.29, 0.717) is 11.6 Å². The van der Waals surface area contributed by atoms with Crippen molar-refractivity contribution in [1.82, 2.24) is 10.2 Å². The zero-order valence-electron chi connectivity index (χ0n) is 15.2. The van der Waals surface area contributed by atoms with Gasteiger partial charge in [-0.1, -0.05) is 56.3 Å². The van der Waals surface area contributed by atoms with Crippen molar-refractivity contribution in [3.8, 4) is 0 Å². The molecule has 0 aliphatic carbocycles. The Morgan fingerprint density at radius 2 is 1.74 bits per heavy atom. The van der Waals surface area contributed by atoms with Gasteiger partial charge in [0.2, 0.25) is 5.91 Å². The molecule has 0 bridgehead atoms. The summed E-state index contributed by atoms with van der Waals surface area (Å²) in [5.41, 5.74) is 2.73. The Morgan fingerprint density at radius 1 is 1.07 bits per heavy atom. The Bertz CT molecular complexity index is 887. The molecule has 2 aromatic rings. The van der Waals surface area contributed by atoms with Crippen molar-refractivity contribution in [3.63, 3.8) is 0 Å². The highest BCUT2D eigenvalue weighted by atomic mass is 16.2. The fourth-order valence-electron chi connectivity index (χ4n) is 2.73. The van der Waals surface area contributed by atoms with Crippen molar-refractivity contribution < 1.29 is 14.4 Å². The maximum Gasteiger partial charge on any atom is 0.329 e. The Labute approximate surface area is 157 Å². The van der Waals surface area contributed by atoms with Crippen LogP contribution in [0.3, 0.4) is 0 Å². The van der Waals surface area contributed by atoms with Crippen LogP contribution in [0.5, 0.6) is 0 Å². The van der Waals surface area contributed by atoms with Gasteiger partial charge in [-0.2, -0.15) is 0 Å². The zero-order chi connectivity index (χ0) is 19.4. The monoisotopic (exact) mass is 363 g/mol. The SMILES string of the molecule is CC(C)c1ccc(NC(=O)CN2C(=O)NC(=Cc3ccccc3)C2=O)cc1. The van der Waals surface area contributed by atoms with Gasteiger partial charge in [-0.3, -0.25) is 9.59 Å². The molecule has 2 N–H and O–H groups in total. The smallest absolute Gasteiger partial charge is 0.325 e. The van der Waals surface area contributed by atoms with Crippen molar-refractivity contribution in [2.24, 2.45) is 0 Å². The molecule has 1 aliphatic rings. The average molecular weight is 363 g/mol. The summed E-state index contributed by atoms with van der Waals surface area (Å²) < 4.78 is 0. The van der Waals surface area contributed by atoms with E-state index in [-0.39, 0.29) is 12.2 Å². The van der Waals surface area contributed by atoms with E-state index in [4.69, 9.17) is 0 Å². The summed E-state index contributed by atoms with van der Waals surface area (Å²) in [5, 5.41) is 5.22. The number of imide groups is 1. The first-order valence-electron chi connectivity index (χ1n) is 8.73. The third kappa shape index (κ3) is 4.41. The Kier molecular flexibility index (Phi) is 5.35. The molecule has 0 aromatic heterocycles. The van der Waals surface area contributed by atoms with Gasteiger partial charge in [0.15, 0.2) is 0 Å². The second-order valence-corrected chi connectivity index (χ2v) is 6.62. The van der Waals surface area contributed by atoms with Gasteiger partial charge in [-0.05, 0) is 35.3 Å². The van der Waals surface area contributed by atoms with Crippen LogP contribution in [0, 0.1) is 0 Å². The lowest BCUT2D eigenvalue weighted by Crippen LogP contribution is -2.38. The van der Waals surface area contributed by atoms with E-state index in [1.165, 1.54) is 0 Å². The third-order valence-electron chi connectivity index (χ3n) is 4.24. The zero-order valence-corrected chi connectivity index (χ0v) is 15.2. The van der Waals surface area contributed by atoms with Gasteiger partial charge in [0.05, 0.1) is 0 Å². The minimum absolute atomic E-state index is 0.153. The molecule has 1 heterocycles. The van der Waals surface area contributed by atoms with E-state index in [2.05, 4.69) is 24.5 Å². The summed E-state index contributed by atoms with van der Waals surface area (Å²) >= 11 is 0. The third-order valence-corrected chi connectivity index (χ3v) is 4.24. The molecule has 2 aromatic carbocycles. The molecule has 0 saturated carbocycles. The lowest BCUT2D eigenvalue weighted by Gasteiger charge is -2.12. The molecule has 27 heavy (non-hydrogen) atoms. The standard InChI is InChI=1S/C21H21N3O3/c1-14(2)16-8-10-17(11-9-16)22-19(25)13-24-20(26)18(23-21(24)27)12-15-6-4-3-5-7-15/h3-12,14H,13H2,1-2H3,(H,22,25)(H,23,27). The highest BCUT2D eigenvalue weighted by molar-refractivity contribution is 6.15. The molecule has 0 radical (unpaired) electrons. The van der Waals surface area contributed by atoms with E-state index in [1.807, 2.05) is 42.5 Å². The van der Waals surface area contributed by atoms with E-state index in [1.54, 1.807) is 18.2 Å². The number of nitrogens with one attached hydrogen (secondary N) is 2. The van der Waals surface area contributed by atoms with Gasteiger partial charge in [-0.25, -0.2) is 9.69 Å². The molecule has 4 amide bonds. The number of rotatable bonds is 5. The number of amides is 4. The van der Waals surface area contributed by atoms with Crippen LogP contribution in [0.1, 0.15) is 30.9 Å². The highest BCUT2D eigenvalue weighted by Gasteiger charge is 2.34. The maximum absolute atomic E-state index is 12.4. The van der Waals surface area contributed by atoms with Gasteiger partial charge in [0.1, 0.15) is 12.2 Å². The molecule has 3 rings (SSSR count). The maximum atomic E-state index is 12.4. The van der Waals surface area contributed by atoms with Crippen LogP contribution in [-0.2, 0) is 9.59 Å². The lowest BCUT2D eigenvalue weighted by atomic mass is 10.0. The van der Waals surface area contributed by atoms with Crippen LogP contribution in [0.4, 0.5) is 10.5 Å². The molecular formula is C21H21N3O3. The van der Waals surface area contributed by atoms with E-state index >= 15 is 0 Å². The fraction of sp³-hybridized carbons (Fsp3) is 0.190. The number of carbonyl (C=O) groups excluding carboxylic acids is 3. The second kappa shape index (κ2) is 7.86. The van der Waals surface area contributed by atoms with Gasteiger partial charge >= 0.3 is 6.03 Å². The molecule has 6 heteroatoms. The number of anilines is 1. The van der Waals surface area contributed by atoms with Crippen LogP contribution in [0.25, 0.3) is 6.08 Å². The van der Waals surface area contributed by atoms with Crippen molar-refractivity contribution >= 4 is 29.6 Å². The van der Waals surface area contributed by atoms with Gasteiger partial charge in [0.25, 0.3) is 5.91 Å². The summed E-state index contributed by atoms with van der Waals surface area (Å²) in [4.78, 5) is 37.6. The number of hydrogen-bond acceptors (Lipinski definition) is 3. The van der Waals surface area contributed by atoms with Crippen LogP contribution in [-0.4, -0.2) is 29.3 Å². The molecule has 0 spiro atoms. The first-order chi connectivity index (χ1) is 12.9. The van der Waals surface area contributed by atoms with E-state index in [9.17, 15) is 14.4 Å². The predicted octanol–water partition coefficient (Wildman–Crippen LogP) is 3.34. The predicted molar refractivity (Wildman–Crippen MR) is 104 cm³/mol. The topological polar surface area (TPSA) is 78.5 Å². The molecule has 0 atom stereocenters. The number of hydrogen-bond donors (Lipinski definition) is 2. The summed E-state index contributed by atoms with van der Waals surface area (Å²) in [6.45, 7) is 3.83. The minimum Gasteiger partial charge on any atom is -0.325 e. The van der Waals surface area contributed by atoms with Gasteiger partial charge < -0.3 is 10.6 Å². The fourth-order valence-corrected chi connectivity index (χ4v) is 2.73. The average Bonchev–Trinajstić information content (AvgIpc) is 2.90. The van der Waals surface area contributed by atoms with Crippen LogP contribution >= 0.6 is 0 Å². The number of carbonyl (C=O) groups is 3. The molecule has 1 aliphatic heterocycles. The van der Waals surface area contributed by atoms with Gasteiger partial charge in [0, 0.05) is 5.69 Å². The molecular weight excluding hydrogens is 342 g/mol. The lowest BCUT2D eigenvalue weighted by molar-refractivity contribution is -0.127. The molecule has 1 saturated heterocycles. The number of nitrogens with zero attached hydrogens (tertiary/aromatic N) is 1. The summed E-state index contributed by atoms with van der Waals surface area (Å²) in [5.74, 6) is -0.554. The van der Waals surface area contributed by atoms with Crippen LogP contribution in [0.15, 0.2) is 60.3 Å². The van der Waals surface area contributed by atoms with Crippen molar-refractivity contribution in [2.75, 3.05) is 11.9 Å². The first kappa shape index (κ1) is 18.4. The Hall–Kier alpha value is -3.41. The largest absolute Gasteiger partial charge is 0.329 e. The van der Waals surface area contributed by atoms with Crippen molar-refractivity contribution in [1.29, 1.82) is 0 Å². The molecule has 0 unspecified atom stereocenters. The van der Waals surface area contributed by atoms with Crippen LogP contribution in [0.2, 0.25) is 0 Å². The quantitative estimate of drug-likeness (QED) is 0.632. The minimum atomic E-state index is -0.604. The molecule has 138 valence electrons. The summed E-state index contributed by atoms with van der Waals surface area (Å²) in [7, 11) is 0. The van der Waals surface area contributed by atoms with Crippen molar-refractivity contribution in [2.45, 2.75) is 19.8 Å². The normalized spacial score (nSPS) is 15.4. The Morgan fingerprint density at radius 3 is 2.37 bits per heavy atom. The Balaban J connectivity index is 1.64. The van der Waals surface area contributed by atoms with Crippen molar-refractivity contribution in [3.05, 3.63) is 71.4 Å². The molecule has 6 nitrogen and oxygen atoms in total. The second-order valence-electron chi connectivity index (χ2n) is 6.62. The number of benzene rings is 2. The summed E-state index contributed by atoms with van der Waals surface area (Å²) in [6.07, 6.45) is 1.59.